The standard InChI is InChI=1S/C36H37F9O6/c1-3-4-5-6-8-24(2)50-31(46)27-11-9-25(10-12-27)26-13-19-30(20-14-26)51-32(47)28-15-17-29(18-16-28)49-22-7-21-48-23-33(37,38)34(39,40)35(41,42)36(43,44)45/h9-20,24H,3-8,21-23H2,1-2H3. The molecule has 0 heterocycles. The van der Waals surface area contributed by atoms with Crippen LogP contribution in [0.1, 0.15) is 73.1 Å². The van der Waals surface area contributed by atoms with Gasteiger partial charge in [-0.1, -0.05) is 50.5 Å². The summed E-state index contributed by atoms with van der Waals surface area (Å²) in [7, 11) is 0. The molecule has 0 aliphatic rings. The highest BCUT2D eigenvalue weighted by Crippen LogP contribution is 2.53. The van der Waals surface area contributed by atoms with Crippen LogP contribution in [0, 0.1) is 0 Å². The maximum Gasteiger partial charge on any atom is 0.460 e. The minimum atomic E-state index is -6.97. The molecule has 0 saturated carbocycles. The van der Waals surface area contributed by atoms with E-state index in [4.69, 9.17) is 14.2 Å². The van der Waals surface area contributed by atoms with Gasteiger partial charge < -0.3 is 18.9 Å². The number of ether oxygens (including phenoxy) is 4. The van der Waals surface area contributed by atoms with Crippen molar-refractivity contribution in [1.29, 1.82) is 0 Å². The number of halogens is 9. The van der Waals surface area contributed by atoms with Crippen molar-refractivity contribution in [2.75, 3.05) is 19.8 Å². The average Bonchev–Trinajstić information content (AvgIpc) is 3.08. The van der Waals surface area contributed by atoms with E-state index in [0.717, 1.165) is 43.2 Å². The molecule has 3 aromatic carbocycles. The number of unbranched alkanes of at least 4 members (excludes halogenated alkanes) is 3. The Hall–Kier alpha value is -4.27. The summed E-state index contributed by atoms with van der Waals surface area (Å²) in [5, 5.41) is 0. The molecule has 0 aromatic heterocycles. The summed E-state index contributed by atoms with van der Waals surface area (Å²) in [4.78, 5) is 25.1. The van der Waals surface area contributed by atoms with E-state index < -0.39 is 43.1 Å². The molecule has 51 heavy (non-hydrogen) atoms. The topological polar surface area (TPSA) is 71.1 Å². The van der Waals surface area contributed by atoms with Crippen molar-refractivity contribution in [3.05, 3.63) is 83.9 Å². The zero-order valence-electron chi connectivity index (χ0n) is 27.7. The second-order valence-electron chi connectivity index (χ2n) is 11.7. The van der Waals surface area contributed by atoms with Gasteiger partial charge in [-0.25, -0.2) is 9.59 Å². The molecule has 0 aliphatic carbocycles. The lowest BCUT2D eigenvalue weighted by molar-refractivity contribution is -0.399. The van der Waals surface area contributed by atoms with Crippen LogP contribution in [-0.4, -0.2) is 61.8 Å². The van der Waals surface area contributed by atoms with E-state index in [-0.39, 0.29) is 42.2 Å². The zero-order valence-corrected chi connectivity index (χ0v) is 27.7. The van der Waals surface area contributed by atoms with Gasteiger partial charge in [0.25, 0.3) is 0 Å². The SMILES string of the molecule is CCCCCCC(C)OC(=O)c1ccc(-c2ccc(OC(=O)c3ccc(OCCCOCC(F)(F)C(F)(F)C(F)(F)C(F)(F)F)cc3)cc2)cc1. The summed E-state index contributed by atoms with van der Waals surface area (Å²) in [6.45, 7) is 0.683. The number of esters is 2. The molecule has 0 spiro atoms. The number of benzene rings is 3. The van der Waals surface area contributed by atoms with Gasteiger partial charge in [-0.2, -0.15) is 39.5 Å². The first-order valence-corrected chi connectivity index (χ1v) is 16.0. The number of hydrogen-bond acceptors (Lipinski definition) is 6. The van der Waals surface area contributed by atoms with Crippen LogP contribution in [0.4, 0.5) is 39.5 Å². The van der Waals surface area contributed by atoms with Crippen molar-refractivity contribution < 1.29 is 68.1 Å². The third kappa shape index (κ3) is 11.1. The molecular weight excluding hydrogens is 699 g/mol. The second kappa shape index (κ2) is 17.8. The number of carbonyl (C=O) groups is 2. The van der Waals surface area contributed by atoms with Gasteiger partial charge in [-0.05, 0) is 79.4 Å². The first-order valence-electron chi connectivity index (χ1n) is 16.0. The fourth-order valence-corrected chi connectivity index (χ4v) is 4.59. The predicted octanol–water partition coefficient (Wildman–Crippen LogP) is 10.3. The highest BCUT2D eigenvalue weighted by Gasteiger charge is 2.81. The lowest BCUT2D eigenvalue weighted by atomic mass is 10.0. The molecule has 6 nitrogen and oxygen atoms in total. The van der Waals surface area contributed by atoms with Crippen molar-refractivity contribution in [1.82, 2.24) is 0 Å². The molecule has 0 fully saturated rings. The smallest absolute Gasteiger partial charge is 0.460 e. The molecule has 0 N–H and O–H groups in total. The number of rotatable bonds is 19. The third-order valence-electron chi connectivity index (χ3n) is 7.58. The zero-order chi connectivity index (χ0) is 37.9. The van der Waals surface area contributed by atoms with E-state index in [9.17, 15) is 49.1 Å². The Morgan fingerprint density at radius 3 is 1.73 bits per heavy atom. The summed E-state index contributed by atoms with van der Waals surface area (Å²) in [5.41, 5.74) is 2.21. The van der Waals surface area contributed by atoms with Gasteiger partial charge in [0.2, 0.25) is 0 Å². The van der Waals surface area contributed by atoms with Gasteiger partial charge in [0, 0.05) is 6.42 Å². The highest BCUT2D eigenvalue weighted by atomic mass is 19.4. The number of carbonyl (C=O) groups excluding carboxylic acids is 2. The Labute approximate surface area is 288 Å². The number of alkyl halides is 9. The molecule has 0 aliphatic heterocycles. The van der Waals surface area contributed by atoms with Crippen molar-refractivity contribution in [2.24, 2.45) is 0 Å². The van der Waals surface area contributed by atoms with E-state index in [0.29, 0.717) is 5.56 Å². The maximum absolute atomic E-state index is 13.5. The largest absolute Gasteiger partial charge is 0.494 e. The van der Waals surface area contributed by atoms with Gasteiger partial charge in [0.05, 0.1) is 30.4 Å². The summed E-state index contributed by atoms with van der Waals surface area (Å²) >= 11 is 0. The normalized spacial score (nSPS) is 13.1. The van der Waals surface area contributed by atoms with Crippen molar-refractivity contribution in [2.45, 2.75) is 82.4 Å². The molecule has 0 radical (unpaired) electrons. The van der Waals surface area contributed by atoms with Crippen LogP contribution in [0.2, 0.25) is 0 Å². The average molecular weight is 737 g/mol. The van der Waals surface area contributed by atoms with Gasteiger partial charge in [0.15, 0.2) is 0 Å². The van der Waals surface area contributed by atoms with Crippen LogP contribution in [-0.2, 0) is 9.47 Å². The van der Waals surface area contributed by atoms with E-state index >= 15 is 0 Å². The summed E-state index contributed by atoms with van der Waals surface area (Å²) < 4.78 is 136. The van der Waals surface area contributed by atoms with E-state index in [1.807, 2.05) is 6.92 Å². The molecule has 1 unspecified atom stereocenters. The highest BCUT2D eigenvalue weighted by molar-refractivity contribution is 5.91. The fraction of sp³-hybridized carbons (Fsp3) is 0.444. The minimum absolute atomic E-state index is 0.145. The molecule has 15 heteroatoms. The van der Waals surface area contributed by atoms with Gasteiger partial charge >= 0.3 is 35.9 Å². The third-order valence-corrected chi connectivity index (χ3v) is 7.58. The summed E-state index contributed by atoms with van der Waals surface area (Å²) in [6.07, 6.45) is -2.08. The fourth-order valence-electron chi connectivity index (χ4n) is 4.59. The van der Waals surface area contributed by atoms with Crippen LogP contribution in [0.3, 0.4) is 0 Å². The predicted molar refractivity (Wildman–Crippen MR) is 169 cm³/mol. The molecule has 3 aromatic rings. The van der Waals surface area contributed by atoms with E-state index in [1.54, 1.807) is 48.5 Å². The summed E-state index contributed by atoms with van der Waals surface area (Å²) in [6, 6.07) is 19.1. The van der Waals surface area contributed by atoms with Crippen molar-refractivity contribution >= 4 is 11.9 Å². The first-order chi connectivity index (χ1) is 23.9. The van der Waals surface area contributed by atoms with Crippen LogP contribution in [0.15, 0.2) is 72.8 Å². The Morgan fingerprint density at radius 2 is 1.16 bits per heavy atom. The second-order valence-corrected chi connectivity index (χ2v) is 11.7. The molecule has 0 saturated heterocycles. The van der Waals surface area contributed by atoms with Crippen molar-refractivity contribution in [3.63, 3.8) is 0 Å². The lowest BCUT2D eigenvalue weighted by Crippen LogP contribution is -2.62. The maximum atomic E-state index is 13.5. The molecule has 3 rings (SSSR count). The van der Waals surface area contributed by atoms with Crippen LogP contribution in [0.5, 0.6) is 11.5 Å². The Kier molecular flexibility index (Phi) is 14.3. The molecule has 0 amide bonds. The lowest BCUT2D eigenvalue weighted by Gasteiger charge is -2.33. The Morgan fingerprint density at radius 1 is 0.627 bits per heavy atom. The minimum Gasteiger partial charge on any atom is -0.494 e. The van der Waals surface area contributed by atoms with Gasteiger partial charge in [0.1, 0.15) is 18.1 Å². The van der Waals surface area contributed by atoms with Gasteiger partial charge in [-0.15, -0.1) is 0 Å². The molecule has 1 atom stereocenters. The Balaban J connectivity index is 1.42. The summed E-state index contributed by atoms with van der Waals surface area (Å²) in [5.74, 6) is -20.1. The van der Waals surface area contributed by atoms with Crippen LogP contribution >= 0.6 is 0 Å². The Bertz CT molecular complexity index is 1540. The first kappa shape index (κ1) is 41.2. The van der Waals surface area contributed by atoms with E-state index in [1.165, 1.54) is 24.3 Å². The van der Waals surface area contributed by atoms with Crippen molar-refractivity contribution in [3.8, 4) is 22.6 Å². The monoisotopic (exact) mass is 736 g/mol. The number of hydrogen-bond donors (Lipinski definition) is 0. The van der Waals surface area contributed by atoms with E-state index in [2.05, 4.69) is 11.7 Å². The van der Waals surface area contributed by atoms with Gasteiger partial charge in [-0.3, -0.25) is 0 Å². The molecule has 280 valence electrons. The molecular formula is C36H37F9O6. The quantitative estimate of drug-likeness (QED) is 0.0528. The molecule has 0 bridgehead atoms. The van der Waals surface area contributed by atoms with Crippen LogP contribution in [0.25, 0.3) is 11.1 Å². The van der Waals surface area contributed by atoms with Crippen LogP contribution < -0.4 is 9.47 Å².